The van der Waals surface area contributed by atoms with Gasteiger partial charge in [0.2, 0.25) is 0 Å². The molecule has 2 aliphatic rings. The lowest BCUT2D eigenvalue weighted by Crippen LogP contribution is -2.47. The molecule has 0 saturated carbocycles. The first-order valence-corrected chi connectivity index (χ1v) is 11.1. The van der Waals surface area contributed by atoms with Gasteiger partial charge in [-0.2, -0.15) is 0 Å². The lowest BCUT2D eigenvalue weighted by atomic mass is 10.2. The number of likely N-dealkylation sites (N-methyl/N-ethyl adjacent to an activating group) is 1. The topological polar surface area (TPSA) is 90.9 Å². The monoisotopic (exact) mass is 394 g/mol. The van der Waals surface area contributed by atoms with Crippen LogP contribution in [0.4, 0.5) is 0 Å². The summed E-state index contributed by atoms with van der Waals surface area (Å²) in [4.78, 5) is 35.4. The molecule has 1 atom stereocenters. The number of carbonyl (C=O) groups is 2. The van der Waals surface area contributed by atoms with Crippen molar-refractivity contribution in [2.24, 2.45) is 0 Å². The largest absolute Gasteiger partial charge is 0.335 e. The number of hydrogen-bond acceptors (Lipinski definition) is 6. The molecule has 1 aromatic rings. The second-order valence-corrected chi connectivity index (χ2v) is 9.38. The van der Waals surface area contributed by atoms with Crippen LogP contribution in [-0.4, -0.2) is 97.2 Å². The zero-order valence-electron chi connectivity index (χ0n) is 15.8. The van der Waals surface area contributed by atoms with Gasteiger partial charge in [-0.1, -0.05) is 6.07 Å². The Morgan fingerprint density at radius 3 is 2.44 bits per heavy atom. The van der Waals surface area contributed by atoms with Gasteiger partial charge in [0.15, 0.2) is 9.84 Å². The van der Waals surface area contributed by atoms with Crippen LogP contribution in [-0.2, 0) is 9.84 Å². The molecular formula is C18H26N4O4S. The van der Waals surface area contributed by atoms with Gasteiger partial charge in [-0.15, -0.1) is 0 Å². The van der Waals surface area contributed by atoms with Crippen molar-refractivity contribution in [2.75, 3.05) is 51.3 Å². The fraction of sp³-hybridized carbons (Fsp3) is 0.611. The number of amides is 2. The van der Waals surface area contributed by atoms with Gasteiger partial charge in [-0.05, 0) is 32.5 Å². The average molecular weight is 394 g/mol. The highest BCUT2D eigenvalue weighted by atomic mass is 32.2. The quantitative estimate of drug-likeness (QED) is 0.720. The molecule has 0 spiro atoms. The van der Waals surface area contributed by atoms with Crippen molar-refractivity contribution in [3.63, 3.8) is 0 Å². The Morgan fingerprint density at radius 1 is 1.19 bits per heavy atom. The number of hydrogen-bond donors (Lipinski definition) is 0. The molecular weight excluding hydrogens is 368 g/mol. The minimum absolute atomic E-state index is 0.00744. The van der Waals surface area contributed by atoms with Crippen LogP contribution in [0.3, 0.4) is 0 Å². The summed E-state index contributed by atoms with van der Waals surface area (Å²) < 4.78 is 23.5. The van der Waals surface area contributed by atoms with Crippen LogP contribution in [0.5, 0.6) is 0 Å². The fourth-order valence-corrected chi connectivity index (χ4v) is 5.31. The number of carbonyl (C=O) groups excluding carboxylic acids is 2. The van der Waals surface area contributed by atoms with Crippen molar-refractivity contribution in [1.29, 1.82) is 0 Å². The maximum absolute atomic E-state index is 12.9. The van der Waals surface area contributed by atoms with Gasteiger partial charge in [0.25, 0.3) is 11.8 Å². The second-order valence-electron chi connectivity index (χ2n) is 7.15. The van der Waals surface area contributed by atoms with Crippen LogP contribution in [0.25, 0.3) is 0 Å². The summed E-state index contributed by atoms with van der Waals surface area (Å²) in [5.74, 6) is -0.402. The van der Waals surface area contributed by atoms with Crippen LogP contribution >= 0.6 is 0 Å². The van der Waals surface area contributed by atoms with Crippen LogP contribution in [0, 0.1) is 0 Å². The van der Waals surface area contributed by atoms with Crippen molar-refractivity contribution in [1.82, 2.24) is 19.7 Å². The summed E-state index contributed by atoms with van der Waals surface area (Å²) in [5.41, 5.74) is 0.432. The van der Waals surface area contributed by atoms with Crippen molar-refractivity contribution < 1.29 is 18.0 Å². The van der Waals surface area contributed by atoms with E-state index in [9.17, 15) is 18.0 Å². The Bertz CT molecular complexity index is 818. The molecule has 2 amide bonds. The van der Waals surface area contributed by atoms with E-state index in [-0.39, 0.29) is 40.7 Å². The van der Waals surface area contributed by atoms with Gasteiger partial charge >= 0.3 is 0 Å². The summed E-state index contributed by atoms with van der Waals surface area (Å²) in [6, 6.07) is 4.53. The summed E-state index contributed by atoms with van der Waals surface area (Å²) in [6.07, 6.45) is 0.446. The zero-order valence-corrected chi connectivity index (χ0v) is 16.6. The highest BCUT2D eigenvalue weighted by Gasteiger charge is 2.34. The Hall–Kier alpha value is -2.00. The molecule has 3 heterocycles. The first-order valence-electron chi connectivity index (χ1n) is 9.27. The third-order valence-electron chi connectivity index (χ3n) is 5.23. The number of sulfone groups is 1. The molecule has 0 aliphatic carbocycles. The molecule has 0 aromatic carbocycles. The highest BCUT2D eigenvalue weighted by Crippen LogP contribution is 2.19. The average Bonchev–Trinajstić information content (AvgIpc) is 3.02. The molecule has 0 N–H and O–H groups in total. The summed E-state index contributed by atoms with van der Waals surface area (Å²) in [6.45, 7) is 5.11. The van der Waals surface area contributed by atoms with E-state index >= 15 is 0 Å². The third kappa shape index (κ3) is 4.47. The van der Waals surface area contributed by atoms with Crippen LogP contribution in [0.2, 0.25) is 0 Å². The van der Waals surface area contributed by atoms with E-state index in [0.29, 0.717) is 26.1 Å². The van der Waals surface area contributed by atoms with Crippen molar-refractivity contribution in [3.05, 3.63) is 29.6 Å². The molecule has 148 valence electrons. The predicted octanol–water partition coefficient (Wildman–Crippen LogP) is 0.118. The molecule has 1 unspecified atom stereocenters. The van der Waals surface area contributed by atoms with Crippen molar-refractivity contribution in [2.45, 2.75) is 19.4 Å². The fourth-order valence-electron chi connectivity index (χ4n) is 3.58. The van der Waals surface area contributed by atoms with E-state index < -0.39 is 9.84 Å². The molecule has 0 radical (unpaired) electrons. The Kier molecular flexibility index (Phi) is 5.81. The molecule has 9 heteroatoms. The third-order valence-corrected chi connectivity index (χ3v) is 6.98. The summed E-state index contributed by atoms with van der Waals surface area (Å²) in [5, 5.41) is 0. The molecule has 0 bridgehead atoms. The molecule has 3 rings (SSSR count). The Labute approximate surface area is 160 Å². The second kappa shape index (κ2) is 7.93. The number of piperazine rings is 1. The smallest absolute Gasteiger partial charge is 0.272 e. The molecule has 8 nitrogen and oxygen atoms in total. The minimum atomic E-state index is -3.09. The van der Waals surface area contributed by atoms with Crippen molar-refractivity contribution >= 4 is 21.7 Å². The van der Waals surface area contributed by atoms with Gasteiger partial charge in [0.05, 0.1) is 11.5 Å². The summed E-state index contributed by atoms with van der Waals surface area (Å²) in [7, 11) is -1.07. The lowest BCUT2D eigenvalue weighted by molar-refractivity contribution is 0.0657. The Balaban J connectivity index is 1.76. The Morgan fingerprint density at radius 2 is 1.85 bits per heavy atom. The van der Waals surface area contributed by atoms with Crippen LogP contribution in [0.15, 0.2) is 18.2 Å². The predicted molar refractivity (Wildman–Crippen MR) is 101 cm³/mol. The van der Waals surface area contributed by atoms with Crippen LogP contribution in [0.1, 0.15) is 34.3 Å². The standard InChI is InChI=1S/C18H26N4O4S/c1-3-22(14-7-12-27(25,26)13-14)18(24)16-6-4-5-15(19-16)17(23)21-10-8-20(2)9-11-21/h4-6,14H,3,7-13H2,1-2H3. The van der Waals surface area contributed by atoms with E-state index in [2.05, 4.69) is 9.88 Å². The molecule has 1 aromatic heterocycles. The van der Waals surface area contributed by atoms with Crippen molar-refractivity contribution in [3.8, 4) is 0 Å². The van der Waals surface area contributed by atoms with E-state index in [1.165, 1.54) is 0 Å². The van der Waals surface area contributed by atoms with E-state index in [1.807, 2.05) is 14.0 Å². The number of rotatable bonds is 4. The van der Waals surface area contributed by atoms with Gasteiger partial charge in [-0.25, -0.2) is 13.4 Å². The number of aromatic nitrogens is 1. The van der Waals surface area contributed by atoms with E-state index in [1.54, 1.807) is 28.0 Å². The summed E-state index contributed by atoms with van der Waals surface area (Å²) >= 11 is 0. The maximum Gasteiger partial charge on any atom is 0.272 e. The van der Waals surface area contributed by atoms with Gasteiger partial charge in [0, 0.05) is 38.8 Å². The van der Waals surface area contributed by atoms with Crippen LogP contribution < -0.4 is 0 Å². The normalized spacial score (nSPS) is 22.6. The number of nitrogens with zero attached hydrogens (tertiary/aromatic N) is 4. The van der Waals surface area contributed by atoms with Gasteiger partial charge in [0.1, 0.15) is 11.4 Å². The van der Waals surface area contributed by atoms with E-state index in [4.69, 9.17) is 0 Å². The van der Waals surface area contributed by atoms with Gasteiger partial charge < -0.3 is 14.7 Å². The lowest BCUT2D eigenvalue weighted by Gasteiger charge is -2.32. The highest BCUT2D eigenvalue weighted by molar-refractivity contribution is 7.91. The maximum atomic E-state index is 12.9. The minimum Gasteiger partial charge on any atom is -0.335 e. The number of pyridine rings is 1. The first-order chi connectivity index (χ1) is 12.8. The molecule has 2 aliphatic heterocycles. The SMILES string of the molecule is CCN(C(=O)c1cccc(C(=O)N2CCN(C)CC2)n1)C1CCS(=O)(=O)C1. The first kappa shape index (κ1) is 19.8. The van der Waals surface area contributed by atoms with Gasteiger partial charge in [-0.3, -0.25) is 9.59 Å². The zero-order chi connectivity index (χ0) is 19.6. The molecule has 27 heavy (non-hydrogen) atoms. The molecule has 2 saturated heterocycles. The van der Waals surface area contributed by atoms with E-state index in [0.717, 1.165) is 13.1 Å². The molecule has 2 fully saturated rings.